The van der Waals surface area contributed by atoms with Crippen molar-refractivity contribution in [2.24, 2.45) is 17.2 Å². The number of pyridine rings is 1. The molecule has 0 fully saturated rings. The summed E-state index contributed by atoms with van der Waals surface area (Å²) in [6.07, 6.45) is 7.03. The summed E-state index contributed by atoms with van der Waals surface area (Å²) in [4.78, 5) is 32.6. The van der Waals surface area contributed by atoms with Crippen molar-refractivity contribution in [2.75, 3.05) is 0 Å². The number of carboxylic acids is 3. The van der Waals surface area contributed by atoms with Crippen LogP contribution < -0.4 is 21.8 Å². The summed E-state index contributed by atoms with van der Waals surface area (Å²) < 4.78 is 1.94. The second-order valence-corrected chi connectivity index (χ2v) is 7.20. The highest BCUT2D eigenvalue weighted by atomic mass is 16.4. The van der Waals surface area contributed by atoms with E-state index < -0.39 is 36.0 Å². The third-order valence-corrected chi connectivity index (χ3v) is 4.66. The van der Waals surface area contributed by atoms with Gasteiger partial charge in [-0.1, -0.05) is 0 Å². The third-order valence-electron chi connectivity index (χ3n) is 4.66. The lowest BCUT2D eigenvalue weighted by atomic mass is 10.0. The van der Waals surface area contributed by atoms with Crippen LogP contribution in [0.25, 0.3) is 0 Å². The third kappa shape index (κ3) is 9.46. The van der Waals surface area contributed by atoms with Crippen LogP contribution in [0.2, 0.25) is 0 Å². The number of hydrogen-bond acceptors (Lipinski definition) is 6. The van der Waals surface area contributed by atoms with Crippen LogP contribution in [0.4, 0.5) is 0 Å². The van der Waals surface area contributed by atoms with Crippen LogP contribution in [0.1, 0.15) is 43.2 Å². The van der Waals surface area contributed by atoms with Crippen molar-refractivity contribution in [3.8, 4) is 0 Å². The zero-order valence-corrected chi connectivity index (χ0v) is 16.4. The lowest BCUT2D eigenvalue weighted by molar-refractivity contribution is -0.698. The summed E-state index contributed by atoms with van der Waals surface area (Å²) >= 11 is 0. The summed E-state index contributed by atoms with van der Waals surface area (Å²) in [6, 6.07) is -0.882. The van der Waals surface area contributed by atoms with E-state index in [0.717, 1.165) is 17.5 Å². The molecule has 162 valence electrons. The summed E-state index contributed by atoms with van der Waals surface area (Å²) in [5.74, 6) is -3.14. The Balaban J connectivity index is 2.78. The molecule has 0 amide bonds. The van der Waals surface area contributed by atoms with Gasteiger partial charge in [-0.2, -0.15) is 0 Å². The summed E-state index contributed by atoms with van der Waals surface area (Å²) in [6.45, 7) is 0.628. The minimum absolute atomic E-state index is 0.279. The number of rotatable bonds is 14. The van der Waals surface area contributed by atoms with Crippen LogP contribution in [-0.4, -0.2) is 51.4 Å². The minimum Gasteiger partial charge on any atom is -0.480 e. The second kappa shape index (κ2) is 12.1. The second-order valence-electron chi connectivity index (χ2n) is 7.20. The van der Waals surface area contributed by atoms with E-state index in [9.17, 15) is 14.4 Å². The van der Waals surface area contributed by atoms with E-state index in [4.69, 9.17) is 32.5 Å². The fourth-order valence-corrected chi connectivity index (χ4v) is 2.85. The molecule has 1 aromatic rings. The van der Waals surface area contributed by atoms with Crippen molar-refractivity contribution in [2.45, 2.75) is 69.6 Å². The fourth-order valence-electron chi connectivity index (χ4n) is 2.85. The highest BCUT2D eigenvalue weighted by molar-refractivity contribution is 5.73. The molecular weight excluding hydrogens is 380 g/mol. The van der Waals surface area contributed by atoms with Crippen LogP contribution in [0, 0.1) is 0 Å². The Labute approximate surface area is 169 Å². The number of nitrogens with zero attached hydrogens (tertiary/aromatic N) is 1. The van der Waals surface area contributed by atoms with E-state index in [1.165, 1.54) is 0 Å². The maximum Gasteiger partial charge on any atom is 0.320 e. The Morgan fingerprint density at radius 3 is 1.59 bits per heavy atom. The topological polar surface area (TPSA) is 194 Å². The number of aryl methyl sites for hydroxylation is 3. The first-order valence-corrected chi connectivity index (χ1v) is 9.57. The van der Waals surface area contributed by atoms with Gasteiger partial charge >= 0.3 is 17.9 Å². The average Bonchev–Trinajstić information content (AvgIpc) is 2.66. The van der Waals surface area contributed by atoms with Crippen molar-refractivity contribution in [3.05, 3.63) is 29.6 Å². The van der Waals surface area contributed by atoms with Gasteiger partial charge in [0, 0.05) is 17.5 Å². The molecule has 0 aromatic carbocycles. The minimum atomic E-state index is -1.06. The number of hydrogen-bond donors (Lipinski definition) is 6. The van der Waals surface area contributed by atoms with Gasteiger partial charge in [0.25, 0.3) is 0 Å². The number of carboxylic acid groups (broad SMARTS) is 3. The van der Waals surface area contributed by atoms with Crippen molar-refractivity contribution in [1.29, 1.82) is 0 Å². The number of unbranched alkanes of at least 4 members (excludes halogenated alkanes) is 1. The maximum atomic E-state index is 10.9. The van der Waals surface area contributed by atoms with Crippen molar-refractivity contribution < 1.29 is 34.3 Å². The van der Waals surface area contributed by atoms with Crippen LogP contribution in [-0.2, 0) is 33.8 Å². The van der Waals surface area contributed by atoms with E-state index in [0.29, 0.717) is 32.2 Å². The van der Waals surface area contributed by atoms with E-state index in [1.54, 1.807) is 0 Å². The first-order chi connectivity index (χ1) is 13.6. The predicted molar refractivity (Wildman–Crippen MR) is 104 cm³/mol. The van der Waals surface area contributed by atoms with E-state index in [-0.39, 0.29) is 12.8 Å². The monoisotopic (exact) mass is 411 g/mol. The van der Waals surface area contributed by atoms with Gasteiger partial charge in [0.2, 0.25) is 0 Å². The van der Waals surface area contributed by atoms with Crippen LogP contribution in [0.15, 0.2) is 18.5 Å². The van der Waals surface area contributed by atoms with Crippen molar-refractivity contribution >= 4 is 17.9 Å². The van der Waals surface area contributed by atoms with Crippen LogP contribution in [0.3, 0.4) is 0 Å². The zero-order valence-electron chi connectivity index (χ0n) is 16.4. The first kappa shape index (κ1) is 24.5. The number of carbonyl (C=O) groups is 3. The molecule has 0 saturated heterocycles. The SMILES string of the molecule is N[C@@H](CCCC[n+]1cc(CC[C@H](N)C(=O)O)cc(CC[C@H](N)C(=O)O)c1)C(=O)O. The van der Waals surface area contributed by atoms with Gasteiger partial charge in [-0.15, -0.1) is 0 Å². The predicted octanol–water partition coefficient (Wildman–Crippen LogP) is -0.755. The van der Waals surface area contributed by atoms with Crippen molar-refractivity contribution in [3.63, 3.8) is 0 Å². The average molecular weight is 411 g/mol. The molecule has 9 N–H and O–H groups in total. The Kier molecular flexibility index (Phi) is 10.2. The van der Waals surface area contributed by atoms with Gasteiger partial charge in [0.15, 0.2) is 12.4 Å². The zero-order chi connectivity index (χ0) is 22.0. The lowest BCUT2D eigenvalue weighted by Gasteiger charge is -2.10. The Morgan fingerprint density at radius 1 is 0.759 bits per heavy atom. The van der Waals surface area contributed by atoms with E-state index in [2.05, 4.69) is 0 Å². The molecule has 0 aliphatic rings. The summed E-state index contributed by atoms with van der Waals surface area (Å²) in [7, 11) is 0. The lowest BCUT2D eigenvalue weighted by Crippen LogP contribution is -2.36. The van der Waals surface area contributed by atoms with E-state index >= 15 is 0 Å². The molecule has 1 rings (SSSR count). The number of aliphatic carboxylic acids is 3. The molecular formula is C19H31N4O6+. The normalized spacial score (nSPS) is 14.2. The first-order valence-electron chi connectivity index (χ1n) is 9.57. The molecule has 10 nitrogen and oxygen atoms in total. The Hall–Kier alpha value is -2.56. The van der Waals surface area contributed by atoms with Gasteiger partial charge < -0.3 is 32.5 Å². The number of nitrogens with two attached hydrogens (primary N) is 3. The number of aromatic nitrogens is 1. The Morgan fingerprint density at radius 2 is 1.17 bits per heavy atom. The molecule has 0 saturated carbocycles. The molecule has 0 radical (unpaired) electrons. The quantitative estimate of drug-likeness (QED) is 0.168. The molecule has 0 unspecified atom stereocenters. The molecule has 29 heavy (non-hydrogen) atoms. The van der Waals surface area contributed by atoms with Crippen LogP contribution >= 0.6 is 0 Å². The molecule has 0 aliphatic carbocycles. The highest BCUT2D eigenvalue weighted by Crippen LogP contribution is 2.10. The molecule has 0 aliphatic heterocycles. The smallest absolute Gasteiger partial charge is 0.320 e. The molecule has 10 heteroatoms. The van der Waals surface area contributed by atoms with Crippen LogP contribution in [0.5, 0.6) is 0 Å². The molecule has 0 bridgehead atoms. The molecule has 3 atom stereocenters. The Bertz CT molecular complexity index is 670. The fraction of sp³-hybridized carbons (Fsp3) is 0.579. The van der Waals surface area contributed by atoms with Gasteiger partial charge in [0.1, 0.15) is 24.7 Å². The van der Waals surface area contributed by atoms with Gasteiger partial charge in [-0.3, -0.25) is 14.4 Å². The molecule has 1 heterocycles. The summed E-state index contributed by atoms with van der Waals surface area (Å²) in [5.41, 5.74) is 18.4. The maximum absolute atomic E-state index is 10.9. The molecule has 1 aromatic heterocycles. The standard InChI is InChI=1S/C19H30N4O6/c20-14(17(24)25)3-1-2-8-23-10-12(4-6-15(21)18(26)27)9-13(11-23)5-7-16(22)19(28)29/h9-11,14-16H,1-8,20-22H2,(H2-,24,25,26,27,28,29)/p+1/t14-,15-,16-/m0/s1. The van der Waals surface area contributed by atoms with E-state index in [1.807, 2.05) is 23.0 Å². The van der Waals surface area contributed by atoms with Crippen molar-refractivity contribution in [1.82, 2.24) is 0 Å². The largest absolute Gasteiger partial charge is 0.480 e. The highest BCUT2D eigenvalue weighted by Gasteiger charge is 2.16. The molecule has 0 spiro atoms. The summed E-state index contributed by atoms with van der Waals surface area (Å²) in [5, 5.41) is 26.7. The van der Waals surface area contributed by atoms with Gasteiger partial charge in [-0.05, 0) is 44.6 Å². The van der Waals surface area contributed by atoms with Gasteiger partial charge in [-0.25, -0.2) is 4.57 Å². The van der Waals surface area contributed by atoms with Gasteiger partial charge in [0.05, 0.1) is 0 Å².